The van der Waals surface area contributed by atoms with E-state index in [4.69, 9.17) is 0 Å². The number of thiophene rings is 1. The molecular weight excluding hydrogens is 232 g/mol. The van der Waals surface area contributed by atoms with Gasteiger partial charge in [-0.1, -0.05) is 0 Å². The minimum absolute atomic E-state index is 0.334. The van der Waals surface area contributed by atoms with Gasteiger partial charge in [0.2, 0.25) is 0 Å². The zero-order chi connectivity index (χ0) is 10.7. The van der Waals surface area contributed by atoms with Gasteiger partial charge < -0.3 is 10.1 Å². The number of hydrogen-bond donors (Lipinski definition) is 1. The van der Waals surface area contributed by atoms with E-state index < -0.39 is 5.97 Å². The number of aromatic nitrogens is 1. The normalized spacial score (nSPS) is 9.93. The maximum absolute atomic E-state index is 11.1. The SMILES string of the molecule is COC(=O)c1csc(Nc2ccsc2)n1. The first-order valence-corrected chi connectivity index (χ1v) is 5.95. The molecule has 0 radical (unpaired) electrons. The summed E-state index contributed by atoms with van der Waals surface area (Å²) in [5, 5.41) is 9.39. The number of ether oxygens (including phenoxy) is 1. The number of carbonyl (C=O) groups is 1. The first-order chi connectivity index (χ1) is 7.29. The van der Waals surface area contributed by atoms with Gasteiger partial charge in [-0.2, -0.15) is 11.3 Å². The van der Waals surface area contributed by atoms with Crippen LogP contribution in [0.5, 0.6) is 0 Å². The van der Waals surface area contributed by atoms with Crippen LogP contribution in [0.3, 0.4) is 0 Å². The molecule has 0 unspecified atom stereocenters. The number of methoxy groups -OCH3 is 1. The summed E-state index contributed by atoms with van der Waals surface area (Å²) in [7, 11) is 1.34. The lowest BCUT2D eigenvalue weighted by Gasteiger charge is -1.96. The molecule has 0 aromatic carbocycles. The largest absolute Gasteiger partial charge is 0.464 e. The smallest absolute Gasteiger partial charge is 0.357 e. The Morgan fingerprint density at radius 3 is 3.07 bits per heavy atom. The molecular formula is C9H8N2O2S2. The average molecular weight is 240 g/mol. The zero-order valence-electron chi connectivity index (χ0n) is 7.89. The van der Waals surface area contributed by atoms with Gasteiger partial charge in [-0.05, 0) is 11.4 Å². The highest BCUT2D eigenvalue weighted by atomic mass is 32.1. The molecule has 0 aliphatic carbocycles. The third-order valence-electron chi connectivity index (χ3n) is 1.67. The minimum atomic E-state index is -0.412. The van der Waals surface area contributed by atoms with Crippen LogP contribution >= 0.6 is 22.7 Å². The Labute approximate surface area is 94.5 Å². The number of rotatable bonds is 3. The summed E-state index contributed by atoms with van der Waals surface area (Å²) in [5.41, 5.74) is 1.31. The molecule has 0 saturated heterocycles. The van der Waals surface area contributed by atoms with Crippen molar-refractivity contribution in [2.24, 2.45) is 0 Å². The van der Waals surface area contributed by atoms with Crippen molar-refractivity contribution in [1.29, 1.82) is 0 Å². The molecule has 2 rings (SSSR count). The van der Waals surface area contributed by atoms with E-state index in [9.17, 15) is 4.79 Å². The van der Waals surface area contributed by atoms with Gasteiger partial charge in [0.25, 0.3) is 0 Å². The third-order valence-corrected chi connectivity index (χ3v) is 3.11. The molecule has 0 aliphatic rings. The number of hydrogen-bond acceptors (Lipinski definition) is 6. The highest BCUT2D eigenvalue weighted by Crippen LogP contribution is 2.22. The molecule has 0 atom stereocenters. The van der Waals surface area contributed by atoms with Crippen LogP contribution in [0.4, 0.5) is 10.8 Å². The van der Waals surface area contributed by atoms with E-state index in [2.05, 4.69) is 15.0 Å². The second-order valence-corrected chi connectivity index (χ2v) is 4.30. The maximum Gasteiger partial charge on any atom is 0.357 e. The molecule has 0 fully saturated rings. The van der Waals surface area contributed by atoms with Gasteiger partial charge >= 0.3 is 5.97 Å². The van der Waals surface area contributed by atoms with E-state index in [1.807, 2.05) is 16.8 Å². The Kier molecular flexibility index (Phi) is 2.98. The Bertz CT molecular complexity index is 450. The molecule has 2 aromatic heterocycles. The molecule has 0 bridgehead atoms. The highest BCUT2D eigenvalue weighted by Gasteiger charge is 2.10. The van der Waals surface area contributed by atoms with Gasteiger partial charge in [0.15, 0.2) is 10.8 Å². The number of thiazole rings is 1. The fraction of sp³-hybridized carbons (Fsp3) is 0.111. The zero-order valence-corrected chi connectivity index (χ0v) is 9.52. The summed E-state index contributed by atoms with van der Waals surface area (Å²) >= 11 is 2.97. The van der Waals surface area contributed by atoms with Crippen LogP contribution in [0, 0.1) is 0 Å². The number of anilines is 2. The summed E-state index contributed by atoms with van der Waals surface area (Å²) in [6.45, 7) is 0. The molecule has 4 nitrogen and oxygen atoms in total. The standard InChI is InChI=1S/C9H8N2O2S2/c1-13-8(12)7-5-15-9(11-7)10-6-2-3-14-4-6/h2-5H,1H3,(H,10,11). The van der Waals surface area contributed by atoms with Gasteiger partial charge in [-0.15, -0.1) is 11.3 Å². The molecule has 6 heteroatoms. The van der Waals surface area contributed by atoms with Crippen molar-refractivity contribution in [2.75, 3.05) is 12.4 Å². The molecule has 2 heterocycles. The van der Waals surface area contributed by atoms with Crippen LogP contribution < -0.4 is 5.32 Å². The molecule has 1 N–H and O–H groups in total. The number of carbonyl (C=O) groups excluding carboxylic acids is 1. The predicted molar refractivity (Wildman–Crippen MR) is 61.1 cm³/mol. The van der Waals surface area contributed by atoms with Crippen LogP contribution in [0.2, 0.25) is 0 Å². The van der Waals surface area contributed by atoms with Gasteiger partial charge in [-0.3, -0.25) is 0 Å². The van der Waals surface area contributed by atoms with Crippen molar-refractivity contribution < 1.29 is 9.53 Å². The molecule has 78 valence electrons. The van der Waals surface area contributed by atoms with E-state index in [0.29, 0.717) is 10.8 Å². The molecule has 0 amide bonds. The fourth-order valence-electron chi connectivity index (χ4n) is 0.989. The second-order valence-electron chi connectivity index (χ2n) is 2.67. The predicted octanol–water partition coefficient (Wildman–Crippen LogP) is 2.73. The van der Waals surface area contributed by atoms with E-state index >= 15 is 0 Å². The average Bonchev–Trinajstić information content (AvgIpc) is 2.88. The molecule has 15 heavy (non-hydrogen) atoms. The molecule has 2 aromatic rings. The van der Waals surface area contributed by atoms with Crippen molar-refractivity contribution in [3.63, 3.8) is 0 Å². The quantitative estimate of drug-likeness (QED) is 0.838. The molecule has 0 spiro atoms. The van der Waals surface area contributed by atoms with Crippen molar-refractivity contribution in [3.05, 3.63) is 27.9 Å². The second kappa shape index (κ2) is 4.41. The van der Waals surface area contributed by atoms with Crippen LogP contribution in [-0.2, 0) is 4.74 Å². The molecule has 0 aliphatic heterocycles. The Morgan fingerprint density at radius 1 is 1.53 bits per heavy atom. The van der Waals surface area contributed by atoms with Crippen molar-refractivity contribution >= 4 is 39.5 Å². The molecule has 0 saturated carbocycles. The number of esters is 1. The third kappa shape index (κ3) is 2.34. The topological polar surface area (TPSA) is 51.2 Å². The lowest BCUT2D eigenvalue weighted by molar-refractivity contribution is 0.0595. The van der Waals surface area contributed by atoms with Gasteiger partial charge in [0.1, 0.15) is 0 Å². The summed E-state index contributed by atoms with van der Waals surface area (Å²) in [6.07, 6.45) is 0. The van der Waals surface area contributed by atoms with E-state index in [1.165, 1.54) is 18.4 Å². The fourth-order valence-corrected chi connectivity index (χ4v) is 2.28. The van der Waals surface area contributed by atoms with Crippen LogP contribution in [0.25, 0.3) is 0 Å². The van der Waals surface area contributed by atoms with Crippen molar-refractivity contribution in [3.8, 4) is 0 Å². The van der Waals surface area contributed by atoms with Gasteiger partial charge in [0, 0.05) is 10.8 Å². The van der Waals surface area contributed by atoms with Crippen molar-refractivity contribution in [2.45, 2.75) is 0 Å². The summed E-state index contributed by atoms with van der Waals surface area (Å²) in [6, 6.07) is 1.95. The summed E-state index contributed by atoms with van der Waals surface area (Å²) in [5.74, 6) is -0.412. The van der Waals surface area contributed by atoms with Gasteiger partial charge in [0.05, 0.1) is 12.8 Å². The number of nitrogens with one attached hydrogen (secondary N) is 1. The van der Waals surface area contributed by atoms with E-state index in [1.54, 1.807) is 16.7 Å². The lowest BCUT2D eigenvalue weighted by atomic mass is 10.5. The van der Waals surface area contributed by atoms with Crippen LogP contribution in [0.1, 0.15) is 10.5 Å². The highest BCUT2D eigenvalue weighted by molar-refractivity contribution is 7.14. The van der Waals surface area contributed by atoms with Gasteiger partial charge in [-0.25, -0.2) is 9.78 Å². The lowest BCUT2D eigenvalue weighted by Crippen LogP contribution is -2.01. The Balaban J connectivity index is 2.11. The Hall–Kier alpha value is -1.40. The first kappa shape index (κ1) is 10.1. The maximum atomic E-state index is 11.1. The number of nitrogens with zero attached hydrogens (tertiary/aromatic N) is 1. The van der Waals surface area contributed by atoms with E-state index in [0.717, 1.165) is 5.69 Å². The van der Waals surface area contributed by atoms with E-state index in [-0.39, 0.29) is 0 Å². The minimum Gasteiger partial charge on any atom is -0.464 e. The summed E-state index contributed by atoms with van der Waals surface area (Å²) in [4.78, 5) is 15.2. The summed E-state index contributed by atoms with van der Waals surface area (Å²) < 4.78 is 4.56. The van der Waals surface area contributed by atoms with Crippen LogP contribution in [0.15, 0.2) is 22.2 Å². The monoisotopic (exact) mass is 240 g/mol. The van der Waals surface area contributed by atoms with Crippen molar-refractivity contribution in [1.82, 2.24) is 4.98 Å². The first-order valence-electron chi connectivity index (χ1n) is 4.12. The van der Waals surface area contributed by atoms with Crippen LogP contribution in [-0.4, -0.2) is 18.1 Å². The Morgan fingerprint density at radius 2 is 2.40 bits per heavy atom.